The zero-order valence-electron chi connectivity index (χ0n) is 8.47. The SMILES string of the molecule is CCOC(=O)C(NN)c1ccccc1.Cl. The Hall–Kier alpha value is -1.10. The van der Waals surface area contributed by atoms with Crippen molar-refractivity contribution < 1.29 is 9.53 Å². The molecule has 0 heterocycles. The normalized spacial score (nSPS) is 11.3. The molecular formula is C10H15ClN2O2. The van der Waals surface area contributed by atoms with Gasteiger partial charge in [-0.2, -0.15) is 0 Å². The molecule has 0 aromatic heterocycles. The van der Waals surface area contributed by atoms with Crippen LogP contribution in [-0.4, -0.2) is 12.6 Å². The quantitative estimate of drug-likeness (QED) is 0.463. The molecule has 1 rings (SSSR count). The smallest absolute Gasteiger partial charge is 0.329 e. The second kappa shape index (κ2) is 7.23. The summed E-state index contributed by atoms with van der Waals surface area (Å²) in [6, 6.07) is 8.62. The molecule has 3 N–H and O–H groups in total. The van der Waals surface area contributed by atoms with E-state index in [1.165, 1.54) is 0 Å². The molecule has 0 saturated carbocycles. The van der Waals surface area contributed by atoms with Crippen molar-refractivity contribution in [2.45, 2.75) is 13.0 Å². The van der Waals surface area contributed by atoms with Crippen LogP contribution in [0.25, 0.3) is 0 Å². The lowest BCUT2D eigenvalue weighted by molar-refractivity contribution is -0.145. The highest BCUT2D eigenvalue weighted by Gasteiger charge is 2.19. The van der Waals surface area contributed by atoms with Gasteiger partial charge in [-0.05, 0) is 12.5 Å². The maximum atomic E-state index is 11.4. The maximum Gasteiger partial charge on any atom is 0.329 e. The lowest BCUT2D eigenvalue weighted by atomic mass is 10.1. The summed E-state index contributed by atoms with van der Waals surface area (Å²) in [5.74, 6) is 4.93. The van der Waals surface area contributed by atoms with Crippen molar-refractivity contribution in [3.63, 3.8) is 0 Å². The number of nitrogens with two attached hydrogens (primary N) is 1. The number of carbonyl (C=O) groups excluding carboxylic acids is 1. The fourth-order valence-corrected chi connectivity index (χ4v) is 1.17. The van der Waals surface area contributed by atoms with E-state index in [0.29, 0.717) is 6.61 Å². The molecule has 84 valence electrons. The molecule has 0 aliphatic rings. The van der Waals surface area contributed by atoms with E-state index in [2.05, 4.69) is 5.43 Å². The monoisotopic (exact) mass is 230 g/mol. The van der Waals surface area contributed by atoms with E-state index in [0.717, 1.165) is 5.56 Å². The van der Waals surface area contributed by atoms with Crippen LogP contribution >= 0.6 is 12.4 Å². The second-order valence-electron chi connectivity index (χ2n) is 2.76. The van der Waals surface area contributed by atoms with Gasteiger partial charge >= 0.3 is 5.97 Å². The van der Waals surface area contributed by atoms with E-state index in [1.807, 2.05) is 30.3 Å². The number of rotatable bonds is 4. The van der Waals surface area contributed by atoms with Crippen LogP contribution in [0, 0.1) is 0 Å². The third kappa shape index (κ3) is 3.87. The first-order chi connectivity index (χ1) is 6.79. The number of ether oxygens (including phenoxy) is 1. The van der Waals surface area contributed by atoms with Crippen molar-refractivity contribution in [1.82, 2.24) is 5.43 Å². The summed E-state index contributed by atoms with van der Waals surface area (Å²) >= 11 is 0. The lowest BCUT2D eigenvalue weighted by Crippen LogP contribution is -2.35. The van der Waals surface area contributed by atoms with Crippen LogP contribution in [-0.2, 0) is 9.53 Å². The van der Waals surface area contributed by atoms with Gasteiger partial charge in [0, 0.05) is 0 Å². The minimum atomic E-state index is -0.587. The summed E-state index contributed by atoms with van der Waals surface area (Å²) in [5, 5.41) is 0. The Bertz CT molecular complexity index is 293. The topological polar surface area (TPSA) is 64.3 Å². The highest BCUT2D eigenvalue weighted by molar-refractivity contribution is 5.85. The Morgan fingerprint density at radius 1 is 1.47 bits per heavy atom. The van der Waals surface area contributed by atoms with Gasteiger partial charge in [-0.15, -0.1) is 12.4 Å². The average Bonchev–Trinajstić information content (AvgIpc) is 2.21. The predicted molar refractivity (Wildman–Crippen MR) is 60.4 cm³/mol. The number of hydrogen-bond acceptors (Lipinski definition) is 4. The summed E-state index contributed by atoms with van der Waals surface area (Å²) < 4.78 is 4.87. The first-order valence-corrected chi connectivity index (χ1v) is 4.47. The van der Waals surface area contributed by atoms with Crippen LogP contribution < -0.4 is 11.3 Å². The van der Waals surface area contributed by atoms with Gasteiger partial charge in [0.1, 0.15) is 6.04 Å². The number of carbonyl (C=O) groups is 1. The van der Waals surface area contributed by atoms with E-state index in [4.69, 9.17) is 10.6 Å². The Morgan fingerprint density at radius 3 is 2.53 bits per heavy atom. The molecule has 0 amide bonds. The molecule has 0 aliphatic heterocycles. The van der Waals surface area contributed by atoms with Gasteiger partial charge in [0.05, 0.1) is 6.61 Å². The van der Waals surface area contributed by atoms with Gasteiger partial charge in [-0.1, -0.05) is 30.3 Å². The molecule has 0 fully saturated rings. The van der Waals surface area contributed by atoms with Crippen LogP contribution in [0.5, 0.6) is 0 Å². The number of halogens is 1. The Balaban J connectivity index is 0.00000196. The zero-order valence-corrected chi connectivity index (χ0v) is 9.29. The van der Waals surface area contributed by atoms with Crippen molar-refractivity contribution in [2.24, 2.45) is 5.84 Å². The first kappa shape index (κ1) is 13.9. The molecular weight excluding hydrogens is 216 g/mol. The number of esters is 1. The van der Waals surface area contributed by atoms with Crippen molar-refractivity contribution in [3.8, 4) is 0 Å². The van der Waals surface area contributed by atoms with Crippen molar-refractivity contribution in [1.29, 1.82) is 0 Å². The molecule has 1 unspecified atom stereocenters. The van der Waals surface area contributed by atoms with E-state index in [1.54, 1.807) is 6.92 Å². The number of nitrogens with one attached hydrogen (secondary N) is 1. The standard InChI is InChI=1S/C10H14N2O2.ClH/c1-2-14-10(13)9(12-11)8-6-4-3-5-7-8;/h3-7,9,12H,2,11H2,1H3;1H. The second-order valence-corrected chi connectivity index (χ2v) is 2.76. The highest BCUT2D eigenvalue weighted by atomic mass is 35.5. The highest BCUT2D eigenvalue weighted by Crippen LogP contribution is 2.12. The number of benzene rings is 1. The largest absolute Gasteiger partial charge is 0.465 e. The Morgan fingerprint density at radius 2 is 2.07 bits per heavy atom. The molecule has 15 heavy (non-hydrogen) atoms. The van der Waals surface area contributed by atoms with Crippen molar-refractivity contribution >= 4 is 18.4 Å². The average molecular weight is 231 g/mol. The summed E-state index contributed by atoms with van der Waals surface area (Å²) in [7, 11) is 0. The first-order valence-electron chi connectivity index (χ1n) is 4.47. The van der Waals surface area contributed by atoms with E-state index < -0.39 is 6.04 Å². The van der Waals surface area contributed by atoms with Gasteiger partial charge in [-0.3, -0.25) is 5.84 Å². The molecule has 0 radical (unpaired) electrons. The molecule has 1 atom stereocenters. The predicted octanol–water partition coefficient (Wildman–Crippen LogP) is 1.18. The maximum absolute atomic E-state index is 11.4. The molecule has 1 aromatic carbocycles. The van der Waals surface area contributed by atoms with Crippen LogP contribution in [0.2, 0.25) is 0 Å². The minimum absolute atomic E-state index is 0. The van der Waals surface area contributed by atoms with Crippen molar-refractivity contribution in [3.05, 3.63) is 35.9 Å². The lowest BCUT2D eigenvalue weighted by Gasteiger charge is -2.14. The summed E-state index contributed by atoms with van der Waals surface area (Å²) in [5.41, 5.74) is 3.23. The van der Waals surface area contributed by atoms with E-state index >= 15 is 0 Å². The molecule has 0 spiro atoms. The molecule has 0 bridgehead atoms. The molecule has 0 aliphatic carbocycles. The van der Waals surface area contributed by atoms with Crippen LogP contribution in [0.15, 0.2) is 30.3 Å². The van der Waals surface area contributed by atoms with Gasteiger partial charge in [0.2, 0.25) is 0 Å². The minimum Gasteiger partial charge on any atom is -0.465 e. The summed E-state index contributed by atoms with van der Waals surface area (Å²) in [4.78, 5) is 11.4. The molecule has 5 heteroatoms. The van der Waals surface area contributed by atoms with Gasteiger partial charge < -0.3 is 4.74 Å². The third-order valence-corrected chi connectivity index (χ3v) is 1.82. The van der Waals surface area contributed by atoms with Crippen LogP contribution in [0.3, 0.4) is 0 Å². The summed E-state index contributed by atoms with van der Waals surface area (Å²) in [6.45, 7) is 2.11. The van der Waals surface area contributed by atoms with Gasteiger partial charge in [0.25, 0.3) is 0 Å². The molecule has 4 nitrogen and oxygen atoms in total. The fraction of sp³-hybridized carbons (Fsp3) is 0.300. The van der Waals surface area contributed by atoms with Crippen molar-refractivity contribution in [2.75, 3.05) is 6.61 Å². The Labute approximate surface area is 95.2 Å². The fourth-order valence-electron chi connectivity index (χ4n) is 1.17. The Kier molecular flexibility index (Phi) is 6.70. The van der Waals surface area contributed by atoms with Gasteiger partial charge in [-0.25, -0.2) is 10.2 Å². The van der Waals surface area contributed by atoms with Crippen LogP contribution in [0.1, 0.15) is 18.5 Å². The number of hydrogen-bond donors (Lipinski definition) is 2. The van der Waals surface area contributed by atoms with Crippen LogP contribution in [0.4, 0.5) is 0 Å². The van der Waals surface area contributed by atoms with E-state index in [-0.39, 0.29) is 18.4 Å². The molecule has 1 aromatic rings. The zero-order chi connectivity index (χ0) is 10.4. The van der Waals surface area contributed by atoms with E-state index in [9.17, 15) is 4.79 Å². The summed E-state index contributed by atoms with van der Waals surface area (Å²) in [6.07, 6.45) is 0. The van der Waals surface area contributed by atoms with Gasteiger partial charge in [0.15, 0.2) is 0 Å². The molecule has 0 saturated heterocycles. The number of hydrazine groups is 1. The third-order valence-electron chi connectivity index (χ3n) is 1.82.